The van der Waals surface area contributed by atoms with Gasteiger partial charge in [0.1, 0.15) is 0 Å². The number of hydrogen-bond donors (Lipinski definition) is 0. The molecule has 0 unspecified atom stereocenters. The van der Waals surface area contributed by atoms with Crippen molar-refractivity contribution in [3.05, 3.63) is 87.7 Å². The molecular weight excluding hydrogens is 272 g/mol. The smallest absolute Gasteiger partial charge is 0.267 e. The van der Waals surface area contributed by atoms with Crippen LogP contribution in [0.1, 0.15) is 16.7 Å². The highest BCUT2D eigenvalue weighted by atomic mass is 16.1. The highest BCUT2D eigenvalue weighted by Gasteiger charge is 2.04. The molecule has 0 spiro atoms. The average Bonchev–Trinajstić information content (AvgIpc) is 2.50. The molecule has 22 heavy (non-hydrogen) atoms. The largest absolute Gasteiger partial charge is 0.268 e. The molecule has 1 heterocycles. The number of nitrogens with zero attached hydrogens (tertiary/aromatic N) is 2. The van der Waals surface area contributed by atoms with Crippen LogP contribution in [-0.2, 0) is 6.54 Å². The minimum absolute atomic E-state index is 0.0858. The van der Waals surface area contributed by atoms with E-state index in [4.69, 9.17) is 0 Å². The van der Waals surface area contributed by atoms with Crippen molar-refractivity contribution in [3.63, 3.8) is 0 Å². The van der Waals surface area contributed by atoms with Crippen LogP contribution in [0.5, 0.6) is 0 Å². The molecule has 0 N–H and O–H groups in total. The Kier molecular flexibility index (Phi) is 3.88. The minimum Gasteiger partial charge on any atom is -0.268 e. The van der Waals surface area contributed by atoms with E-state index in [1.54, 1.807) is 12.1 Å². The molecule has 2 aromatic carbocycles. The maximum absolute atomic E-state index is 12.0. The van der Waals surface area contributed by atoms with E-state index in [-0.39, 0.29) is 5.56 Å². The molecule has 3 heteroatoms. The topological polar surface area (TPSA) is 34.9 Å². The molecule has 0 saturated heterocycles. The minimum atomic E-state index is -0.0858. The lowest BCUT2D eigenvalue weighted by molar-refractivity contribution is 0.642. The molecule has 0 amide bonds. The molecule has 3 aromatic rings. The van der Waals surface area contributed by atoms with E-state index in [0.717, 1.165) is 16.8 Å². The number of hydrogen-bond acceptors (Lipinski definition) is 2. The molecule has 110 valence electrons. The summed E-state index contributed by atoms with van der Waals surface area (Å²) in [6, 6.07) is 19.6. The van der Waals surface area contributed by atoms with E-state index in [2.05, 4.69) is 18.1 Å². The highest BCUT2D eigenvalue weighted by Crippen LogP contribution is 2.16. The van der Waals surface area contributed by atoms with Gasteiger partial charge in [0.2, 0.25) is 0 Å². The molecule has 0 aliphatic rings. The first-order chi connectivity index (χ1) is 10.6. The fraction of sp³-hybridized carbons (Fsp3) is 0.158. The molecule has 0 bridgehead atoms. The Balaban J connectivity index is 1.96. The van der Waals surface area contributed by atoms with Gasteiger partial charge in [-0.1, -0.05) is 59.7 Å². The number of benzene rings is 2. The second kappa shape index (κ2) is 5.98. The van der Waals surface area contributed by atoms with E-state index in [9.17, 15) is 4.79 Å². The van der Waals surface area contributed by atoms with Gasteiger partial charge in [-0.25, -0.2) is 4.68 Å². The average molecular weight is 290 g/mol. The van der Waals surface area contributed by atoms with Gasteiger partial charge in [-0.3, -0.25) is 4.79 Å². The van der Waals surface area contributed by atoms with Crippen LogP contribution in [0.2, 0.25) is 0 Å². The zero-order chi connectivity index (χ0) is 15.5. The predicted molar refractivity (Wildman–Crippen MR) is 89.0 cm³/mol. The summed E-state index contributed by atoms with van der Waals surface area (Å²) in [5.74, 6) is 0. The number of aromatic nitrogens is 2. The van der Waals surface area contributed by atoms with Crippen molar-refractivity contribution in [2.75, 3.05) is 0 Å². The van der Waals surface area contributed by atoms with Gasteiger partial charge in [-0.2, -0.15) is 5.10 Å². The third-order valence-electron chi connectivity index (χ3n) is 3.63. The van der Waals surface area contributed by atoms with Crippen molar-refractivity contribution < 1.29 is 0 Å². The molecule has 3 rings (SSSR count). The SMILES string of the molecule is Cc1ccc(-c2ccc(=O)n(Cc3cccc(C)c3)n2)cc1. The van der Waals surface area contributed by atoms with Crippen LogP contribution in [0, 0.1) is 13.8 Å². The zero-order valence-corrected chi connectivity index (χ0v) is 12.8. The van der Waals surface area contributed by atoms with Crippen LogP contribution in [0.25, 0.3) is 11.3 Å². The molecule has 0 atom stereocenters. The summed E-state index contributed by atoms with van der Waals surface area (Å²) in [5, 5.41) is 4.50. The summed E-state index contributed by atoms with van der Waals surface area (Å²) >= 11 is 0. The molecule has 0 saturated carbocycles. The predicted octanol–water partition coefficient (Wildman–Crippen LogP) is 3.58. The Morgan fingerprint density at radius 1 is 0.909 bits per heavy atom. The maximum Gasteiger partial charge on any atom is 0.267 e. The fourth-order valence-electron chi connectivity index (χ4n) is 2.42. The zero-order valence-electron chi connectivity index (χ0n) is 12.8. The van der Waals surface area contributed by atoms with Crippen LogP contribution in [0.15, 0.2) is 65.5 Å². The normalized spacial score (nSPS) is 10.6. The monoisotopic (exact) mass is 290 g/mol. The Bertz CT molecular complexity index is 848. The quantitative estimate of drug-likeness (QED) is 0.739. The standard InChI is InChI=1S/C19H18N2O/c1-14-6-8-17(9-7-14)18-10-11-19(22)21(20-18)13-16-5-3-4-15(2)12-16/h3-12H,13H2,1-2H3. The maximum atomic E-state index is 12.0. The summed E-state index contributed by atoms with van der Waals surface area (Å²) in [4.78, 5) is 12.0. The first-order valence-corrected chi connectivity index (χ1v) is 7.32. The van der Waals surface area contributed by atoms with Crippen molar-refractivity contribution in [3.8, 4) is 11.3 Å². The van der Waals surface area contributed by atoms with Gasteiger partial charge in [-0.15, -0.1) is 0 Å². The summed E-state index contributed by atoms with van der Waals surface area (Å²) in [6.07, 6.45) is 0. The summed E-state index contributed by atoms with van der Waals surface area (Å²) in [5.41, 5.74) is 5.21. The Morgan fingerprint density at radius 2 is 1.68 bits per heavy atom. The first-order valence-electron chi connectivity index (χ1n) is 7.32. The van der Waals surface area contributed by atoms with Crippen LogP contribution in [-0.4, -0.2) is 9.78 Å². The number of aryl methyl sites for hydroxylation is 2. The lowest BCUT2D eigenvalue weighted by Crippen LogP contribution is -2.22. The van der Waals surface area contributed by atoms with Crippen molar-refractivity contribution in [2.24, 2.45) is 0 Å². The summed E-state index contributed by atoms with van der Waals surface area (Å²) < 4.78 is 1.52. The van der Waals surface area contributed by atoms with Crippen LogP contribution in [0.4, 0.5) is 0 Å². The first kappa shape index (κ1) is 14.3. The molecule has 1 aromatic heterocycles. The van der Waals surface area contributed by atoms with Crippen LogP contribution >= 0.6 is 0 Å². The second-order valence-corrected chi connectivity index (χ2v) is 5.57. The summed E-state index contributed by atoms with van der Waals surface area (Å²) in [7, 11) is 0. The molecule has 3 nitrogen and oxygen atoms in total. The molecule has 0 aliphatic heterocycles. The van der Waals surface area contributed by atoms with E-state index < -0.39 is 0 Å². The van der Waals surface area contributed by atoms with E-state index in [1.807, 2.05) is 49.4 Å². The molecular formula is C19H18N2O. The van der Waals surface area contributed by atoms with Crippen LogP contribution < -0.4 is 5.56 Å². The lowest BCUT2D eigenvalue weighted by atomic mass is 10.1. The van der Waals surface area contributed by atoms with Crippen LogP contribution in [0.3, 0.4) is 0 Å². The third-order valence-corrected chi connectivity index (χ3v) is 3.63. The third kappa shape index (κ3) is 3.14. The van der Waals surface area contributed by atoms with Crippen molar-refractivity contribution in [2.45, 2.75) is 20.4 Å². The second-order valence-electron chi connectivity index (χ2n) is 5.57. The van der Waals surface area contributed by atoms with E-state index in [0.29, 0.717) is 6.54 Å². The van der Waals surface area contributed by atoms with Gasteiger partial charge in [-0.05, 0) is 25.5 Å². The fourth-order valence-corrected chi connectivity index (χ4v) is 2.42. The van der Waals surface area contributed by atoms with Gasteiger partial charge < -0.3 is 0 Å². The molecule has 0 radical (unpaired) electrons. The molecule has 0 fully saturated rings. The Morgan fingerprint density at radius 3 is 2.41 bits per heavy atom. The van der Waals surface area contributed by atoms with Gasteiger partial charge in [0, 0.05) is 11.6 Å². The Labute approximate surface area is 129 Å². The van der Waals surface area contributed by atoms with E-state index in [1.165, 1.54) is 15.8 Å². The van der Waals surface area contributed by atoms with Crippen molar-refractivity contribution >= 4 is 0 Å². The van der Waals surface area contributed by atoms with Crippen molar-refractivity contribution in [1.82, 2.24) is 9.78 Å². The van der Waals surface area contributed by atoms with E-state index >= 15 is 0 Å². The van der Waals surface area contributed by atoms with Gasteiger partial charge >= 0.3 is 0 Å². The lowest BCUT2D eigenvalue weighted by Gasteiger charge is -2.08. The summed E-state index contributed by atoms with van der Waals surface area (Å²) in [6.45, 7) is 4.58. The highest BCUT2D eigenvalue weighted by molar-refractivity contribution is 5.58. The van der Waals surface area contributed by atoms with Crippen molar-refractivity contribution in [1.29, 1.82) is 0 Å². The van der Waals surface area contributed by atoms with Gasteiger partial charge in [0.25, 0.3) is 5.56 Å². The number of rotatable bonds is 3. The molecule has 0 aliphatic carbocycles. The van der Waals surface area contributed by atoms with Gasteiger partial charge in [0.15, 0.2) is 0 Å². The van der Waals surface area contributed by atoms with Gasteiger partial charge in [0.05, 0.1) is 12.2 Å². The Hall–Kier alpha value is -2.68.